The SMILES string of the molecule is CN(C(=O)OC(C)(C)C)C(C=O)c1ccc([N+](=O)[O-])cc1. The molecule has 1 atom stereocenters. The summed E-state index contributed by atoms with van der Waals surface area (Å²) >= 11 is 0. The molecule has 0 radical (unpaired) electrons. The van der Waals surface area contributed by atoms with Gasteiger partial charge in [0.1, 0.15) is 17.9 Å². The molecule has 0 bridgehead atoms. The molecule has 0 N–H and O–H groups in total. The lowest BCUT2D eigenvalue weighted by Crippen LogP contribution is -2.37. The van der Waals surface area contributed by atoms with Crippen molar-refractivity contribution in [1.29, 1.82) is 0 Å². The highest BCUT2D eigenvalue weighted by molar-refractivity contribution is 5.74. The smallest absolute Gasteiger partial charge is 0.410 e. The fourth-order valence-electron chi connectivity index (χ4n) is 1.63. The minimum absolute atomic E-state index is 0.0803. The quantitative estimate of drug-likeness (QED) is 0.484. The fraction of sp³-hybridized carbons (Fsp3) is 0.429. The van der Waals surface area contributed by atoms with Gasteiger partial charge in [-0.2, -0.15) is 0 Å². The first-order valence-electron chi connectivity index (χ1n) is 6.31. The summed E-state index contributed by atoms with van der Waals surface area (Å²) in [4.78, 5) is 34.4. The molecule has 0 spiro atoms. The number of aldehydes is 1. The number of hydrogen-bond acceptors (Lipinski definition) is 5. The summed E-state index contributed by atoms with van der Waals surface area (Å²) in [5.74, 6) is 0. The number of amides is 1. The van der Waals surface area contributed by atoms with E-state index in [1.165, 1.54) is 31.3 Å². The molecule has 0 aliphatic rings. The predicted octanol–water partition coefficient (Wildman–Crippen LogP) is 2.70. The molecule has 1 aromatic carbocycles. The highest BCUT2D eigenvalue weighted by Gasteiger charge is 2.26. The first kappa shape index (κ1) is 16.6. The Hall–Kier alpha value is -2.44. The maximum Gasteiger partial charge on any atom is 0.410 e. The Kier molecular flexibility index (Phi) is 5.02. The van der Waals surface area contributed by atoms with E-state index in [0.717, 1.165) is 4.90 Å². The van der Waals surface area contributed by atoms with Gasteiger partial charge in [-0.25, -0.2) is 4.79 Å². The minimum Gasteiger partial charge on any atom is -0.444 e. The number of nitro benzene ring substituents is 1. The topological polar surface area (TPSA) is 89.8 Å². The average Bonchev–Trinajstić information content (AvgIpc) is 2.38. The molecule has 0 saturated heterocycles. The lowest BCUT2D eigenvalue weighted by atomic mass is 10.1. The van der Waals surface area contributed by atoms with Crippen molar-refractivity contribution in [2.75, 3.05) is 7.05 Å². The molecule has 1 aromatic rings. The van der Waals surface area contributed by atoms with E-state index in [1.807, 2.05) is 0 Å². The Morgan fingerprint density at radius 1 is 1.33 bits per heavy atom. The Balaban J connectivity index is 2.94. The number of rotatable bonds is 4. The predicted molar refractivity (Wildman–Crippen MR) is 75.9 cm³/mol. The number of benzene rings is 1. The van der Waals surface area contributed by atoms with Gasteiger partial charge in [0.25, 0.3) is 5.69 Å². The molecule has 7 heteroatoms. The van der Waals surface area contributed by atoms with Crippen molar-refractivity contribution < 1.29 is 19.2 Å². The second kappa shape index (κ2) is 6.34. The fourth-order valence-corrected chi connectivity index (χ4v) is 1.63. The summed E-state index contributed by atoms with van der Waals surface area (Å²) < 4.78 is 5.19. The Bertz CT molecular complexity index is 533. The van der Waals surface area contributed by atoms with Crippen LogP contribution >= 0.6 is 0 Å². The van der Waals surface area contributed by atoms with E-state index in [9.17, 15) is 19.7 Å². The standard InChI is InChI=1S/C14H18N2O5/c1-14(2,3)21-13(18)15(4)12(9-17)10-5-7-11(8-6-10)16(19)20/h5-9,12H,1-4H3. The highest BCUT2D eigenvalue weighted by Crippen LogP contribution is 2.22. The van der Waals surface area contributed by atoms with E-state index in [2.05, 4.69) is 0 Å². The van der Waals surface area contributed by atoms with E-state index in [-0.39, 0.29) is 5.69 Å². The zero-order valence-corrected chi connectivity index (χ0v) is 12.4. The maximum atomic E-state index is 11.9. The van der Waals surface area contributed by atoms with Crippen molar-refractivity contribution in [2.24, 2.45) is 0 Å². The summed E-state index contributed by atoms with van der Waals surface area (Å²) in [5, 5.41) is 10.6. The van der Waals surface area contributed by atoms with Crippen LogP contribution in [0.2, 0.25) is 0 Å². The number of non-ortho nitro benzene ring substituents is 1. The van der Waals surface area contributed by atoms with Crippen LogP contribution in [0.4, 0.5) is 10.5 Å². The number of hydrogen-bond donors (Lipinski definition) is 0. The van der Waals surface area contributed by atoms with Gasteiger partial charge in [0.2, 0.25) is 0 Å². The van der Waals surface area contributed by atoms with E-state index in [4.69, 9.17) is 4.74 Å². The molecule has 0 fully saturated rings. The zero-order chi connectivity index (χ0) is 16.2. The normalized spacial score (nSPS) is 12.4. The average molecular weight is 294 g/mol. The molecule has 0 aliphatic heterocycles. The molecule has 21 heavy (non-hydrogen) atoms. The van der Waals surface area contributed by atoms with Gasteiger partial charge in [0, 0.05) is 19.2 Å². The second-order valence-electron chi connectivity index (χ2n) is 5.52. The van der Waals surface area contributed by atoms with Crippen LogP contribution in [0, 0.1) is 10.1 Å². The van der Waals surface area contributed by atoms with Crippen molar-refractivity contribution in [3.63, 3.8) is 0 Å². The van der Waals surface area contributed by atoms with E-state index < -0.39 is 22.7 Å². The van der Waals surface area contributed by atoms with Crippen molar-refractivity contribution in [3.05, 3.63) is 39.9 Å². The third-order valence-electron chi connectivity index (χ3n) is 2.67. The van der Waals surface area contributed by atoms with Gasteiger partial charge in [-0.3, -0.25) is 15.0 Å². The van der Waals surface area contributed by atoms with E-state index in [1.54, 1.807) is 20.8 Å². The highest BCUT2D eigenvalue weighted by atomic mass is 16.6. The lowest BCUT2D eigenvalue weighted by molar-refractivity contribution is -0.384. The number of ether oxygens (including phenoxy) is 1. The lowest BCUT2D eigenvalue weighted by Gasteiger charge is -2.28. The maximum absolute atomic E-state index is 11.9. The van der Waals surface area contributed by atoms with Crippen LogP contribution in [0.15, 0.2) is 24.3 Å². The molecule has 0 aromatic heterocycles. The number of nitro groups is 1. The van der Waals surface area contributed by atoms with Crippen LogP contribution in [-0.2, 0) is 9.53 Å². The van der Waals surface area contributed by atoms with Crippen LogP contribution in [0.5, 0.6) is 0 Å². The largest absolute Gasteiger partial charge is 0.444 e. The van der Waals surface area contributed by atoms with Crippen LogP contribution in [0.25, 0.3) is 0 Å². The number of nitrogens with zero attached hydrogens (tertiary/aromatic N) is 2. The molecular weight excluding hydrogens is 276 g/mol. The summed E-state index contributed by atoms with van der Waals surface area (Å²) in [7, 11) is 1.44. The number of likely N-dealkylation sites (N-methyl/N-ethyl adjacent to an activating group) is 1. The zero-order valence-electron chi connectivity index (χ0n) is 12.4. The second-order valence-corrected chi connectivity index (χ2v) is 5.52. The third-order valence-corrected chi connectivity index (χ3v) is 2.67. The Morgan fingerprint density at radius 2 is 1.86 bits per heavy atom. The Morgan fingerprint density at radius 3 is 2.24 bits per heavy atom. The summed E-state index contributed by atoms with van der Waals surface area (Å²) in [6.45, 7) is 5.17. The van der Waals surface area contributed by atoms with Crippen LogP contribution < -0.4 is 0 Å². The van der Waals surface area contributed by atoms with Crippen molar-refractivity contribution in [2.45, 2.75) is 32.4 Å². The van der Waals surface area contributed by atoms with Crippen molar-refractivity contribution in [1.82, 2.24) is 4.90 Å². The Labute approximate surface area is 122 Å². The number of carbonyl (C=O) groups is 2. The van der Waals surface area contributed by atoms with Crippen LogP contribution in [-0.4, -0.2) is 34.9 Å². The van der Waals surface area contributed by atoms with Crippen molar-refractivity contribution >= 4 is 18.1 Å². The van der Waals surface area contributed by atoms with E-state index >= 15 is 0 Å². The molecule has 114 valence electrons. The third kappa shape index (κ3) is 4.55. The molecule has 0 saturated carbocycles. The van der Waals surface area contributed by atoms with Gasteiger partial charge >= 0.3 is 6.09 Å². The first-order valence-corrected chi connectivity index (χ1v) is 6.31. The van der Waals surface area contributed by atoms with Gasteiger partial charge in [0.15, 0.2) is 0 Å². The molecular formula is C14H18N2O5. The monoisotopic (exact) mass is 294 g/mol. The van der Waals surface area contributed by atoms with Crippen LogP contribution in [0.3, 0.4) is 0 Å². The summed E-state index contributed by atoms with van der Waals surface area (Å²) in [5.41, 5.74) is -0.277. The molecule has 1 amide bonds. The summed E-state index contributed by atoms with van der Waals surface area (Å²) in [6.07, 6.45) is -0.0524. The van der Waals surface area contributed by atoms with Gasteiger partial charge in [-0.1, -0.05) is 0 Å². The van der Waals surface area contributed by atoms with Gasteiger partial charge in [-0.05, 0) is 38.5 Å². The van der Waals surface area contributed by atoms with Gasteiger partial charge in [0.05, 0.1) is 4.92 Å². The number of carbonyl (C=O) groups excluding carboxylic acids is 2. The first-order chi connectivity index (χ1) is 9.65. The van der Waals surface area contributed by atoms with Gasteiger partial charge < -0.3 is 9.53 Å². The van der Waals surface area contributed by atoms with Crippen molar-refractivity contribution in [3.8, 4) is 0 Å². The molecule has 7 nitrogen and oxygen atoms in total. The molecule has 1 unspecified atom stereocenters. The molecule has 1 rings (SSSR count). The summed E-state index contributed by atoms with van der Waals surface area (Å²) in [6, 6.07) is 4.60. The van der Waals surface area contributed by atoms with Crippen LogP contribution in [0.1, 0.15) is 32.4 Å². The molecule has 0 heterocycles. The van der Waals surface area contributed by atoms with Gasteiger partial charge in [-0.15, -0.1) is 0 Å². The molecule has 0 aliphatic carbocycles. The minimum atomic E-state index is -0.861. The van der Waals surface area contributed by atoms with E-state index in [0.29, 0.717) is 11.8 Å².